The Morgan fingerprint density at radius 2 is 1.58 bits per heavy atom. The van der Waals surface area contributed by atoms with Crippen molar-refractivity contribution in [3.63, 3.8) is 0 Å². The maximum Gasteiger partial charge on any atom is 0.295 e. The smallest absolute Gasteiger partial charge is 0.295 e. The second kappa shape index (κ2) is 8.53. The Bertz CT molecular complexity index is 1280. The molecule has 0 saturated carbocycles. The zero-order valence-corrected chi connectivity index (χ0v) is 18.8. The maximum absolute atomic E-state index is 13.0. The van der Waals surface area contributed by atoms with Crippen LogP contribution in [0.1, 0.15) is 27.3 Å². The molecule has 5 nitrogen and oxygen atoms in total. The standard InChI is InChI=1S/C24H20Cl2N4O/c1-14-4-7-17(8-5-14)23-28-22(24(31)27-21-11-6-15(2)12-16(21)3)29-30(23)18-9-10-19(25)20(26)13-18/h4-13H,1-3H3,(H,27,31). The third-order valence-corrected chi connectivity index (χ3v) is 5.64. The Morgan fingerprint density at radius 3 is 2.26 bits per heavy atom. The van der Waals surface area contributed by atoms with E-state index in [1.54, 1.807) is 22.9 Å². The molecule has 0 radical (unpaired) electrons. The summed E-state index contributed by atoms with van der Waals surface area (Å²) in [5.41, 5.74) is 5.42. The van der Waals surface area contributed by atoms with E-state index in [4.69, 9.17) is 23.2 Å². The SMILES string of the molecule is Cc1ccc(-c2nc(C(=O)Nc3ccc(C)cc3C)nn2-c2ccc(Cl)c(Cl)c2)cc1. The van der Waals surface area contributed by atoms with Crippen molar-refractivity contribution in [2.24, 2.45) is 0 Å². The van der Waals surface area contributed by atoms with Crippen LogP contribution in [0.4, 0.5) is 5.69 Å². The first-order valence-corrected chi connectivity index (χ1v) is 10.5. The number of hydrogen-bond acceptors (Lipinski definition) is 3. The molecule has 0 bridgehead atoms. The minimum Gasteiger partial charge on any atom is -0.319 e. The molecule has 7 heteroatoms. The zero-order chi connectivity index (χ0) is 22.1. The average Bonchev–Trinajstić information content (AvgIpc) is 3.18. The number of aryl methyl sites for hydroxylation is 3. The molecule has 0 spiro atoms. The zero-order valence-electron chi connectivity index (χ0n) is 17.3. The molecule has 0 saturated heterocycles. The molecular weight excluding hydrogens is 431 g/mol. The van der Waals surface area contributed by atoms with Gasteiger partial charge in [-0.2, -0.15) is 0 Å². The summed E-state index contributed by atoms with van der Waals surface area (Å²) in [6, 6.07) is 18.9. The van der Waals surface area contributed by atoms with Gasteiger partial charge in [-0.05, 0) is 50.6 Å². The topological polar surface area (TPSA) is 59.8 Å². The maximum atomic E-state index is 13.0. The van der Waals surface area contributed by atoms with Crippen LogP contribution in [0, 0.1) is 20.8 Å². The highest BCUT2D eigenvalue weighted by Gasteiger charge is 2.20. The molecule has 156 valence electrons. The summed E-state index contributed by atoms with van der Waals surface area (Å²) < 4.78 is 1.60. The molecule has 4 rings (SSSR count). The van der Waals surface area contributed by atoms with E-state index in [1.807, 2.05) is 63.2 Å². The van der Waals surface area contributed by atoms with Crippen LogP contribution < -0.4 is 5.32 Å². The van der Waals surface area contributed by atoms with Gasteiger partial charge in [0.05, 0.1) is 15.7 Å². The Hall–Kier alpha value is -3.15. The predicted molar refractivity (Wildman–Crippen MR) is 125 cm³/mol. The number of nitrogens with zero attached hydrogens (tertiary/aromatic N) is 3. The van der Waals surface area contributed by atoms with Gasteiger partial charge in [-0.3, -0.25) is 4.79 Å². The number of aromatic nitrogens is 3. The van der Waals surface area contributed by atoms with Gasteiger partial charge in [0.1, 0.15) is 0 Å². The molecule has 0 atom stereocenters. The number of halogens is 2. The van der Waals surface area contributed by atoms with E-state index >= 15 is 0 Å². The normalized spacial score (nSPS) is 10.9. The van der Waals surface area contributed by atoms with Crippen molar-refractivity contribution in [2.45, 2.75) is 20.8 Å². The van der Waals surface area contributed by atoms with Crippen molar-refractivity contribution >= 4 is 34.8 Å². The second-order valence-electron chi connectivity index (χ2n) is 7.41. The number of carbonyl (C=O) groups is 1. The van der Waals surface area contributed by atoms with Crippen LogP contribution >= 0.6 is 23.2 Å². The van der Waals surface area contributed by atoms with Crippen molar-refractivity contribution in [1.82, 2.24) is 14.8 Å². The molecule has 1 aromatic heterocycles. The molecule has 3 aromatic carbocycles. The molecule has 0 aliphatic heterocycles. The fraction of sp³-hybridized carbons (Fsp3) is 0.125. The minimum absolute atomic E-state index is 0.0571. The monoisotopic (exact) mass is 450 g/mol. The Balaban J connectivity index is 1.77. The van der Waals surface area contributed by atoms with Gasteiger partial charge in [0.2, 0.25) is 5.82 Å². The van der Waals surface area contributed by atoms with Crippen LogP contribution in [0.15, 0.2) is 60.7 Å². The van der Waals surface area contributed by atoms with Crippen LogP contribution in [0.25, 0.3) is 17.1 Å². The number of amides is 1. The molecule has 0 aliphatic rings. The van der Waals surface area contributed by atoms with Crippen LogP contribution in [-0.2, 0) is 0 Å². The number of hydrogen-bond donors (Lipinski definition) is 1. The second-order valence-corrected chi connectivity index (χ2v) is 8.22. The van der Waals surface area contributed by atoms with Crippen LogP contribution in [0.3, 0.4) is 0 Å². The lowest BCUT2D eigenvalue weighted by Crippen LogP contribution is -2.15. The highest BCUT2D eigenvalue weighted by Crippen LogP contribution is 2.28. The highest BCUT2D eigenvalue weighted by molar-refractivity contribution is 6.42. The van der Waals surface area contributed by atoms with Crippen LogP contribution in [0.5, 0.6) is 0 Å². The Kier molecular flexibility index (Phi) is 5.81. The Labute approximate surface area is 190 Å². The van der Waals surface area contributed by atoms with E-state index in [2.05, 4.69) is 15.4 Å². The van der Waals surface area contributed by atoms with E-state index in [1.165, 1.54) is 0 Å². The van der Waals surface area contributed by atoms with Gasteiger partial charge in [-0.1, -0.05) is 70.7 Å². The summed E-state index contributed by atoms with van der Waals surface area (Å²) in [6.45, 7) is 5.96. The minimum atomic E-state index is -0.390. The Morgan fingerprint density at radius 1 is 0.871 bits per heavy atom. The molecular formula is C24H20Cl2N4O. The first kappa shape index (κ1) is 21.1. The largest absolute Gasteiger partial charge is 0.319 e. The first-order valence-electron chi connectivity index (χ1n) is 9.70. The summed E-state index contributed by atoms with van der Waals surface area (Å²) in [7, 11) is 0. The molecule has 0 fully saturated rings. The summed E-state index contributed by atoms with van der Waals surface area (Å²) in [4.78, 5) is 17.5. The van der Waals surface area contributed by atoms with Gasteiger partial charge >= 0.3 is 0 Å². The lowest BCUT2D eigenvalue weighted by atomic mass is 10.1. The van der Waals surface area contributed by atoms with Crippen molar-refractivity contribution in [3.05, 3.63) is 93.2 Å². The number of benzene rings is 3. The summed E-state index contributed by atoms with van der Waals surface area (Å²) in [6.07, 6.45) is 0. The van der Waals surface area contributed by atoms with Gasteiger partial charge in [0.25, 0.3) is 5.91 Å². The van der Waals surface area contributed by atoms with E-state index < -0.39 is 0 Å². The molecule has 0 aliphatic carbocycles. The van der Waals surface area contributed by atoms with Crippen molar-refractivity contribution < 1.29 is 4.79 Å². The molecule has 1 N–H and O–H groups in total. The number of carbonyl (C=O) groups excluding carboxylic acids is 1. The van der Waals surface area contributed by atoms with Gasteiger partial charge in [-0.15, -0.1) is 5.10 Å². The van der Waals surface area contributed by atoms with Gasteiger partial charge < -0.3 is 5.32 Å². The fourth-order valence-corrected chi connectivity index (χ4v) is 3.52. The third-order valence-electron chi connectivity index (χ3n) is 4.90. The van der Waals surface area contributed by atoms with Crippen LogP contribution in [0.2, 0.25) is 10.0 Å². The predicted octanol–water partition coefficient (Wildman–Crippen LogP) is 6.42. The lowest BCUT2D eigenvalue weighted by molar-refractivity contribution is 0.101. The number of nitrogens with one attached hydrogen (secondary N) is 1. The lowest BCUT2D eigenvalue weighted by Gasteiger charge is -2.07. The molecule has 4 aromatic rings. The van der Waals surface area contributed by atoms with E-state index in [9.17, 15) is 4.79 Å². The van der Waals surface area contributed by atoms with Gasteiger partial charge in [-0.25, -0.2) is 9.67 Å². The highest BCUT2D eigenvalue weighted by atomic mass is 35.5. The summed E-state index contributed by atoms with van der Waals surface area (Å²) >= 11 is 12.3. The van der Waals surface area contributed by atoms with Gasteiger partial charge in [0, 0.05) is 11.3 Å². The van der Waals surface area contributed by atoms with Crippen LogP contribution in [-0.4, -0.2) is 20.7 Å². The summed E-state index contributed by atoms with van der Waals surface area (Å²) in [5.74, 6) is 0.199. The van der Waals surface area contributed by atoms with E-state index in [0.29, 0.717) is 21.6 Å². The van der Waals surface area contributed by atoms with Crippen molar-refractivity contribution in [2.75, 3.05) is 5.32 Å². The number of anilines is 1. The molecule has 0 unspecified atom stereocenters. The first-order chi connectivity index (χ1) is 14.8. The fourth-order valence-electron chi connectivity index (χ4n) is 3.23. The number of rotatable bonds is 4. The summed E-state index contributed by atoms with van der Waals surface area (Å²) in [5, 5.41) is 8.22. The van der Waals surface area contributed by atoms with Gasteiger partial charge in [0.15, 0.2) is 5.82 Å². The van der Waals surface area contributed by atoms with E-state index in [-0.39, 0.29) is 11.7 Å². The molecule has 1 heterocycles. The average molecular weight is 451 g/mol. The van der Waals surface area contributed by atoms with E-state index in [0.717, 1.165) is 27.9 Å². The molecule has 31 heavy (non-hydrogen) atoms. The molecule has 1 amide bonds. The third kappa shape index (κ3) is 4.48. The quantitative estimate of drug-likeness (QED) is 0.390. The van der Waals surface area contributed by atoms with Crippen molar-refractivity contribution in [3.8, 4) is 17.1 Å². The van der Waals surface area contributed by atoms with Crippen molar-refractivity contribution in [1.29, 1.82) is 0 Å².